The third kappa shape index (κ3) is 2.07. The minimum absolute atomic E-state index is 0.00448. The molecule has 2 aromatic carbocycles. The molecule has 1 aliphatic heterocycles. The van der Waals surface area contributed by atoms with Gasteiger partial charge in [0.25, 0.3) is 5.79 Å². The van der Waals surface area contributed by atoms with Crippen molar-refractivity contribution in [3.63, 3.8) is 0 Å². The molecule has 5 rings (SSSR count). The summed E-state index contributed by atoms with van der Waals surface area (Å²) in [6.45, 7) is 0. The van der Waals surface area contributed by atoms with Crippen molar-refractivity contribution in [2.45, 2.75) is 36.6 Å². The van der Waals surface area contributed by atoms with Crippen molar-refractivity contribution in [2.75, 3.05) is 0 Å². The van der Waals surface area contributed by atoms with Crippen LogP contribution in [0.25, 0.3) is 10.8 Å². The highest BCUT2D eigenvalue weighted by molar-refractivity contribution is 5.94. The van der Waals surface area contributed by atoms with E-state index < -0.39 is 42.0 Å². The highest BCUT2D eigenvalue weighted by Crippen LogP contribution is 2.51. The lowest BCUT2D eigenvalue weighted by molar-refractivity contribution is -0.236. The highest BCUT2D eigenvalue weighted by Gasteiger charge is 2.60. The van der Waals surface area contributed by atoms with E-state index in [0.29, 0.717) is 11.5 Å². The highest BCUT2D eigenvalue weighted by atomic mass is 16.7. The molecule has 6 atom stereocenters. The first-order chi connectivity index (χ1) is 12.5. The van der Waals surface area contributed by atoms with Crippen LogP contribution in [0.5, 0.6) is 11.5 Å². The Morgan fingerprint density at radius 2 is 1.54 bits per heavy atom. The lowest BCUT2D eigenvalue weighted by atomic mass is 9.65. The number of fused-ring (bicyclic) bond motifs is 2. The van der Waals surface area contributed by atoms with Crippen molar-refractivity contribution in [1.29, 1.82) is 0 Å². The van der Waals surface area contributed by atoms with Crippen LogP contribution in [0.4, 0.5) is 0 Å². The molecule has 1 fully saturated rings. The van der Waals surface area contributed by atoms with Gasteiger partial charge in [-0.3, -0.25) is 0 Å². The average Bonchev–Trinajstić information content (AvgIpc) is 2.62. The Balaban J connectivity index is 1.68. The van der Waals surface area contributed by atoms with Crippen molar-refractivity contribution < 1.29 is 29.9 Å². The van der Waals surface area contributed by atoms with Crippen LogP contribution in [0.2, 0.25) is 0 Å². The molecule has 0 saturated heterocycles. The predicted molar refractivity (Wildman–Crippen MR) is 92.7 cm³/mol. The van der Waals surface area contributed by atoms with Gasteiger partial charge in [-0.25, -0.2) is 0 Å². The summed E-state index contributed by atoms with van der Waals surface area (Å²) in [6, 6.07) is 11.3. The number of benzene rings is 2. The fourth-order valence-corrected chi connectivity index (χ4v) is 4.68. The van der Waals surface area contributed by atoms with Crippen LogP contribution in [0.3, 0.4) is 0 Å². The van der Waals surface area contributed by atoms with Crippen molar-refractivity contribution in [3.05, 3.63) is 48.6 Å². The van der Waals surface area contributed by atoms with Gasteiger partial charge in [0.2, 0.25) is 0 Å². The van der Waals surface area contributed by atoms with Gasteiger partial charge in [-0.1, -0.05) is 30.3 Å². The summed E-state index contributed by atoms with van der Waals surface area (Å²) in [5, 5.41) is 43.6. The van der Waals surface area contributed by atoms with E-state index in [0.717, 1.165) is 10.8 Å². The third-order valence-corrected chi connectivity index (χ3v) is 5.86. The van der Waals surface area contributed by atoms with E-state index in [4.69, 9.17) is 9.47 Å². The van der Waals surface area contributed by atoms with Crippen molar-refractivity contribution in [3.8, 4) is 11.5 Å². The van der Waals surface area contributed by atoms with Gasteiger partial charge in [-0.15, -0.1) is 0 Å². The lowest BCUT2D eigenvalue weighted by Crippen LogP contribution is -2.66. The fraction of sp³-hybridized carbons (Fsp3) is 0.400. The summed E-state index contributed by atoms with van der Waals surface area (Å²) in [5.74, 6) is -1.74. The van der Waals surface area contributed by atoms with Gasteiger partial charge in [0.1, 0.15) is 11.5 Å². The SMILES string of the molecule is O[C@H]1[C@@H]2[C@H]([C@@H](O)C=CC23Oc2cccc4cccc(c24)O3)[C@@H](O)C[C@@H]1O. The first-order valence-electron chi connectivity index (χ1n) is 8.81. The van der Waals surface area contributed by atoms with E-state index in [1.807, 2.05) is 36.4 Å². The van der Waals surface area contributed by atoms with E-state index in [-0.39, 0.29) is 6.42 Å². The molecule has 0 amide bonds. The maximum absolute atomic E-state index is 10.7. The molecular formula is C20H20O6. The normalized spacial score (nSPS) is 37.1. The van der Waals surface area contributed by atoms with Gasteiger partial charge >= 0.3 is 0 Å². The van der Waals surface area contributed by atoms with Gasteiger partial charge in [-0.2, -0.15) is 0 Å². The average molecular weight is 356 g/mol. The smallest absolute Gasteiger partial charge is 0.277 e. The molecule has 26 heavy (non-hydrogen) atoms. The molecule has 0 radical (unpaired) electrons. The van der Waals surface area contributed by atoms with Crippen LogP contribution in [-0.4, -0.2) is 50.6 Å². The van der Waals surface area contributed by atoms with Crippen LogP contribution in [0, 0.1) is 11.8 Å². The molecule has 2 aliphatic carbocycles. The summed E-state index contributed by atoms with van der Waals surface area (Å²) < 4.78 is 12.4. The number of rotatable bonds is 0. The van der Waals surface area contributed by atoms with Crippen LogP contribution >= 0.6 is 0 Å². The minimum atomic E-state index is -1.41. The standard InChI is InChI=1S/C20H20O6/c21-11-7-8-20(18-17(11)12(22)9-13(23)19(18)24)25-14-5-1-3-10-4-2-6-15(26-20)16(10)14/h1-8,11-13,17-19,21-24H,9H2/t11-,12-,13-,17+,18-,19+/m0/s1. The predicted octanol–water partition coefficient (Wildman–Crippen LogP) is 0.957. The molecule has 6 nitrogen and oxygen atoms in total. The monoisotopic (exact) mass is 356 g/mol. The molecular weight excluding hydrogens is 336 g/mol. The zero-order valence-corrected chi connectivity index (χ0v) is 13.9. The van der Waals surface area contributed by atoms with Gasteiger partial charge < -0.3 is 29.9 Å². The molecule has 1 saturated carbocycles. The molecule has 2 aromatic rings. The number of hydrogen-bond donors (Lipinski definition) is 4. The van der Waals surface area contributed by atoms with Gasteiger partial charge in [0.05, 0.1) is 35.7 Å². The Labute approximate surface area is 149 Å². The first-order valence-corrected chi connectivity index (χ1v) is 8.81. The Bertz CT molecular complexity index is 852. The van der Waals surface area contributed by atoms with Crippen LogP contribution in [0.15, 0.2) is 48.6 Å². The van der Waals surface area contributed by atoms with E-state index in [2.05, 4.69) is 0 Å². The summed E-state index contributed by atoms with van der Waals surface area (Å²) >= 11 is 0. The summed E-state index contributed by atoms with van der Waals surface area (Å²) in [7, 11) is 0. The molecule has 0 unspecified atom stereocenters. The Morgan fingerprint density at radius 3 is 2.19 bits per heavy atom. The van der Waals surface area contributed by atoms with Crippen molar-refractivity contribution >= 4 is 10.8 Å². The molecule has 6 heteroatoms. The Morgan fingerprint density at radius 1 is 0.885 bits per heavy atom. The molecule has 0 aromatic heterocycles. The van der Waals surface area contributed by atoms with E-state index in [1.54, 1.807) is 6.08 Å². The summed E-state index contributed by atoms with van der Waals surface area (Å²) in [6.07, 6.45) is -1.15. The molecule has 3 aliphatic rings. The second-order valence-electron chi connectivity index (χ2n) is 7.35. The molecule has 1 heterocycles. The zero-order chi connectivity index (χ0) is 18.1. The van der Waals surface area contributed by atoms with Gasteiger partial charge in [-0.05, 0) is 23.6 Å². The Hall–Kier alpha value is -2.12. The topological polar surface area (TPSA) is 99.4 Å². The molecule has 4 N–H and O–H groups in total. The van der Waals surface area contributed by atoms with Gasteiger partial charge in [0.15, 0.2) is 0 Å². The molecule has 0 bridgehead atoms. The number of aliphatic hydroxyl groups excluding tert-OH is 4. The maximum Gasteiger partial charge on any atom is 0.277 e. The van der Waals surface area contributed by atoms with Crippen LogP contribution in [-0.2, 0) is 0 Å². The number of hydrogen-bond acceptors (Lipinski definition) is 6. The summed E-state index contributed by atoms with van der Waals surface area (Å²) in [5.41, 5.74) is 0. The number of ether oxygens (including phenoxy) is 2. The lowest BCUT2D eigenvalue weighted by Gasteiger charge is -2.53. The van der Waals surface area contributed by atoms with Crippen LogP contribution < -0.4 is 9.47 Å². The number of aliphatic hydroxyl groups is 4. The summed E-state index contributed by atoms with van der Waals surface area (Å²) in [4.78, 5) is 0. The molecule has 136 valence electrons. The maximum atomic E-state index is 10.7. The quantitative estimate of drug-likeness (QED) is 0.525. The molecule has 1 spiro atoms. The third-order valence-electron chi connectivity index (χ3n) is 5.86. The zero-order valence-electron chi connectivity index (χ0n) is 13.9. The second-order valence-corrected chi connectivity index (χ2v) is 7.35. The van der Waals surface area contributed by atoms with Crippen LogP contribution in [0.1, 0.15) is 6.42 Å². The van der Waals surface area contributed by atoms with E-state index in [1.165, 1.54) is 6.08 Å². The Kier molecular flexibility index (Phi) is 3.36. The van der Waals surface area contributed by atoms with Crippen molar-refractivity contribution in [1.82, 2.24) is 0 Å². The van der Waals surface area contributed by atoms with E-state index >= 15 is 0 Å². The van der Waals surface area contributed by atoms with Gasteiger partial charge in [0, 0.05) is 12.3 Å². The second kappa shape index (κ2) is 5.44. The van der Waals surface area contributed by atoms with E-state index in [9.17, 15) is 20.4 Å². The fourth-order valence-electron chi connectivity index (χ4n) is 4.68. The minimum Gasteiger partial charge on any atom is -0.448 e. The largest absolute Gasteiger partial charge is 0.448 e. The first kappa shape index (κ1) is 16.1. The van der Waals surface area contributed by atoms with Crippen molar-refractivity contribution in [2.24, 2.45) is 11.8 Å².